The van der Waals surface area contributed by atoms with E-state index < -0.39 is 0 Å². The molecule has 0 heterocycles. The van der Waals surface area contributed by atoms with Crippen molar-refractivity contribution in [2.75, 3.05) is 0 Å². The van der Waals surface area contributed by atoms with E-state index in [1.165, 1.54) is 0 Å². The summed E-state index contributed by atoms with van der Waals surface area (Å²) in [5, 5.41) is 0. The lowest BCUT2D eigenvalue weighted by atomic mass is 10.1. The Labute approximate surface area is 94.9 Å². The molecule has 0 aliphatic carbocycles. The third-order valence-corrected chi connectivity index (χ3v) is 2.96. The van der Waals surface area contributed by atoms with E-state index >= 15 is 0 Å². The normalized spacial score (nSPS) is 12.2. The van der Waals surface area contributed by atoms with Crippen LogP contribution in [-0.4, -0.2) is 4.20 Å². The number of hydrogen-bond acceptors (Lipinski definition) is 2. The van der Waals surface area contributed by atoms with E-state index in [1.807, 2.05) is 37.3 Å². The second kappa shape index (κ2) is 4.84. The Kier molecular flexibility index (Phi) is 4.03. The molecule has 0 unspecified atom stereocenters. The van der Waals surface area contributed by atoms with Gasteiger partial charge in [0.25, 0.3) is 0 Å². The first-order valence-corrected chi connectivity index (χ1v) is 5.11. The van der Waals surface area contributed by atoms with E-state index in [2.05, 4.69) is 25.3 Å². The van der Waals surface area contributed by atoms with E-state index in [0.29, 0.717) is 4.20 Å². The van der Waals surface area contributed by atoms with E-state index in [0.717, 1.165) is 16.0 Å². The van der Waals surface area contributed by atoms with Crippen LogP contribution in [0.1, 0.15) is 12.5 Å². The molecule has 0 radical (unpaired) electrons. The molecular formula is C10H10S3. The van der Waals surface area contributed by atoms with Crippen LogP contribution in [0.4, 0.5) is 0 Å². The van der Waals surface area contributed by atoms with Gasteiger partial charge in [-0.1, -0.05) is 42.5 Å². The van der Waals surface area contributed by atoms with Crippen LogP contribution in [0.2, 0.25) is 0 Å². The minimum atomic E-state index is 0.592. The summed E-state index contributed by atoms with van der Waals surface area (Å²) in [4.78, 5) is 0.889. The van der Waals surface area contributed by atoms with Crippen LogP contribution >= 0.6 is 37.5 Å². The van der Waals surface area contributed by atoms with E-state index in [9.17, 15) is 0 Å². The average molecular weight is 226 g/mol. The van der Waals surface area contributed by atoms with Crippen molar-refractivity contribution >= 4 is 46.6 Å². The molecule has 1 rings (SSSR count). The van der Waals surface area contributed by atoms with Gasteiger partial charge in [0.15, 0.2) is 0 Å². The molecule has 0 atom stereocenters. The smallest absolute Gasteiger partial charge is 0.0715 e. The van der Waals surface area contributed by atoms with Crippen LogP contribution in [0.3, 0.4) is 0 Å². The highest BCUT2D eigenvalue weighted by atomic mass is 32.1. The molecule has 0 aliphatic heterocycles. The minimum absolute atomic E-state index is 0.592. The van der Waals surface area contributed by atoms with Crippen LogP contribution in [0.5, 0.6) is 0 Å². The van der Waals surface area contributed by atoms with Gasteiger partial charge in [0.1, 0.15) is 0 Å². The zero-order valence-electron chi connectivity index (χ0n) is 7.19. The van der Waals surface area contributed by atoms with Gasteiger partial charge in [-0.2, -0.15) is 0 Å². The summed E-state index contributed by atoms with van der Waals surface area (Å²) in [6.07, 6.45) is 0. The molecule has 1 aromatic rings. The fraction of sp³-hybridized carbons (Fsp3) is 0.100. The van der Waals surface area contributed by atoms with Gasteiger partial charge in [-0.15, -0.1) is 25.3 Å². The molecule has 0 nitrogen and oxygen atoms in total. The highest BCUT2D eigenvalue weighted by Gasteiger charge is 2.02. The van der Waals surface area contributed by atoms with Crippen molar-refractivity contribution in [1.29, 1.82) is 0 Å². The standard InChI is InChI=1S/C10H10S3/c1-7(10(12)13)9(11)8-5-3-2-4-6-8/h2-6,11H,1H3,(H,12,13)/b9-7-. The largest absolute Gasteiger partial charge is 0.142 e. The first kappa shape index (κ1) is 10.8. The van der Waals surface area contributed by atoms with Gasteiger partial charge in [-0.25, -0.2) is 0 Å². The van der Waals surface area contributed by atoms with Crippen LogP contribution in [0.25, 0.3) is 4.91 Å². The minimum Gasteiger partial charge on any atom is -0.142 e. The molecule has 0 aromatic heterocycles. The molecule has 0 fully saturated rings. The second-order valence-corrected chi connectivity index (χ2v) is 4.25. The molecule has 0 N–H and O–H groups in total. The van der Waals surface area contributed by atoms with E-state index in [1.54, 1.807) is 0 Å². The topological polar surface area (TPSA) is 0 Å². The Morgan fingerprint density at radius 2 is 1.69 bits per heavy atom. The van der Waals surface area contributed by atoms with Crippen molar-refractivity contribution in [2.24, 2.45) is 0 Å². The molecule has 3 heteroatoms. The highest BCUT2D eigenvalue weighted by Crippen LogP contribution is 2.23. The van der Waals surface area contributed by atoms with Gasteiger partial charge in [0, 0.05) is 4.91 Å². The molecule has 1 aromatic carbocycles. The maximum absolute atomic E-state index is 4.95. The molecule has 0 aliphatic rings. The fourth-order valence-corrected chi connectivity index (χ4v) is 1.55. The Morgan fingerprint density at radius 1 is 1.15 bits per heavy atom. The highest BCUT2D eigenvalue weighted by molar-refractivity contribution is 8.12. The van der Waals surface area contributed by atoms with Crippen molar-refractivity contribution in [3.8, 4) is 0 Å². The number of thiol groups is 2. The lowest BCUT2D eigenvalue weighted by molar-refractivity contribution is 1.60. The third-order valence-electron chi connectivity index (χ3n) is 1.72. The first-order valence-electron chi connectivity index (χ1n) is 3.81. The maximum atomic E-state index is 4.95. The van der Waals surface area contributed by atoms with Gasteiger partial charge < -0.3 is 0 Å². The number of hydrogen-bond donors (Lipinski definition) is 2. The molecule has 0 saturated heterocycles. The molecule has 0 spiro atoms. The van der Waals surface area contributed by atoms with Crippen molar-refractivity contribution < 1.29 is 0 Å². The van der Waals surface area contributed by atoms with Crippen LogP contribution in [-0.2, 0) is 0 Å². The third kappa shape index (κ3) is 2.86. The summed E-state index contributed by atoms with van der Waals surface area (Å²) < 4.78 is 0.592. The Bertz CT molecular complexity index is 338. The predicted molar refractivity (Wildman–Crippen MR) is 69.6 cm³/mol. The summed E-state index contributed by atoms with van der Waals surface area (Å²) in [7, 11) is 0. The van der Waals surface area contributed by atoms with Crippen molar-refractivity contribution in [3.63, 3.8) is 0 Å². The SMILES string of the molecule is C/C(C(=S)S)=C(/S)c1ccccc1. The van der Waals surface area contributed by atoms with Gasteiger partial charge in [0.2, 0.25) is 0 Å². The average Bonchev–Trinajstić information content (AvgIpc) is 2.17. The number of thiocarbonyl (C=S) groups is 1. The zero-order chi connectivity index (χ0) is 9.84. The monoisotopic (exact) mass is 226 g/mol. The quantitative estimate of drug-likeness (QED) is 0.441. The van der Waals surface area contributed by atoms with Crippen molar-refractivity contribution in [1.82, 2.24) is 0 Å². The van der Waals surface area contributed by atoms with Gasteiger partial charge in [-0.05, 0) is 18.1 Å². The lowest BCUT2D eigenvalue weighted by Gasteiger charge is -2.04. The first-order chi connectivity index (χ1) is 6.13. The lowest BCUT2D eigenvalue weighted by Crippen LogP contribution is -1.88. The Hall–Kier alpha value is -0.250. The van der Waals surface area contributed by atoms with Crippen molar-refractivity contribution in [3.05, 3.63) is 41.5 Å². The number of rotatable bonds is 2. The predicted octanol–water partition coefficient (Wildman–Crippen LogP) is 3.60. The zero-order valence-corrected chi connectivity index (χ0v) is 9.79. The molecule has 0 amide bonds. The summed E-state index contributed by atoms with van der Waals surface area (Å²) in [6, 6.07) is 9.91. The summed E-state index contributed by atoms with van der Waals surface area (Å²) >= 11 is 13.5. The fourth-order valence-electron chi connectivity index (χ4n) is 0.914. The van der Waals surface area contributed by atoms with Crippen molar-refractivity contribution in [2.45, 2.75) is 6.92 Å². The Morgan fingerprint density at radius 3 is 2.15 bits per heavy atom. The Balaban J connectivity index is 3.11. The molecule has 68 valence electrons. The van der Waals surface area contributed by atoms with E-state index in [-0.39, 0.29) is 0 Å². The molecule has 13 heavy (non-hydrogen) atoms. The van der Waals surface area contributed by atoms with Gasteiger partial charge in [-0.3, -0.25) is 0 Å². The van der Waals surface area contributed by atoms with E-state index in [4.69, 9.17) is 12.2 Å². The summed E-state index contributed by atoms with van der Waals surface area (Å²) in [6.45, 7) is 1.92. The second-order valence-electron chi connectivity index (χ2n) is 2.64. The molecular weight excluding hydrogens is 216 g/mol. The maximum Gasteiger partial charge on any atom is 0.0715 e. The van der Waals surface area contributed by atoms with Crippen LogP contribution in [0.15, 0.2) is 35.9 Å². The van der Waals surface area contributed by atoms with Gasteiger partial charge in [0.05, 0.1) is 4.20 Å². The summed E-state index contributed by atoms with van der Waals surface area (Å²) in [5.74, 6) is 0. The molecule has 0 saturated carbocycles. The van der Waals surface area contributed by atoms with Crippen LogP contribution in [0, 0.1) is 0 Å². The molecule has 0 bridgehead atoms. The van der Waals surface area contributed by atoms with Gasteiger partial charge >= 0.3 is 0 Å². The van der Waals surface area contributed by atoms with Crippen LogP contribution < -0.4 is 0 Å². The number of benzene rings is 1. The summed E-state index contributed by atoms with van der Waals surface area (Å²) in [5.41, 5.74) is 2.01.